The Morgan fingerprint density at radius 3 is 2.45 bits per heavy atom. The molecule has 0 saturated carbocycles. The van der Waals surface area contributed by atoms with Crippen LogP contribution < -0.4 is 4.90 Å². The molecular weight excluding hydrogens is 364 g/mol. The van der Waals surface area contributed by atoms with Gasteiger partial charge >= 0.3 is 0 Å². The quantitative estimate of drug-likeness (QED) is 0.680. The van der Waals surface area contributed by atoms with Gasteiger partial charge in [-0.05, 0) is 38.0 Å². The van der Waals surface area contributed by atoms with Crippen LogP contribution >= 0.6 is 0 Å². The van der Waals surface area contributed by atoms with Crippen LogP contribution in [-0.2, 0) is 0 Å². The minimum Gasteiger partial charge on any atom is -0.353 e. The molecule has 1 aliphatic rings. The number of hydrogen-bond donors (Lipinski definition) is 0. The lowest BCUT2D eigenvalue weighted by molar-refractivity contribution is 0.0748. The Kier molecular flexibility index (Phi) is 5.22. The second kappa shape index (κ2) is 7.81. The average Bonchev–Trinajstić information content (AvgIpc) is 3.17. The number of aromatic nitrogens is 4. The van der Waals surface area contributed by atoms with Crippen molar-refractivity contribution in [3.8, 4) is 0 Å². The molecule has 1 amide bonds. The van der Waals surface area contributed by atoms with E-state index in [1.165, 1.54) is 0 Å². The number of pyridine rings is 2. The van der Waals surface area contributed by atoms with Gasteiger partial charge in [0.2, 0.25) is 0 Å². The van der Waals surface area contributed by atoms with Crippen LogP contribution in [0, 0.1) is 0 Å². The molecule has 0 aromatic carbocycles. The molecule has 1 fully saturated rings. The van der Waals surface area contributed by atoms with E-state index < -0.39 is 0 Å². The first-order valence-electron chi connectivity index (χ1n) is 10.3. The summed E-state index contributed by atoms with van der Waals surface area (Å²) in [6, 6.07) is 8.06. The highest BCUT2D eigenvalue weighted by molar-refractivity contribution is 6.05. The van der Waals surface area contributed by atoms with Crippen LogP contribution in [-0.4, -0.2) is 56.7 Å². The largest absolute Gasteiger partial charge is 0.353 e. The molecule has 3 aromatic rings. The van der Waals surface area contributed by atoms with Gasteiger partial charge in [0.25, 0.3) is 5.91 Å². The normalized spacial score (nSPS) is 15.0. The number of hydrogen-bond acceptors (Lipinski definition) is 5. The van der Waals surface area contributed by atoms with Crippen molar-refractivity contribution in [2.75, 3.05) is 31.1 Å². The van der Waals surface area contributed by atoms with E-state index in [0.717, 1.165) is 35.6 Å². The Bertz CT molecular complexity index is 1000. The fourth-order valence-corrected chi connectivity index (χ4v) is 3.74. The van der Waals surface area contributed by atoms with Gasteiger partial charge in [-0.15, -0.1) is 0 Å². The summed E-state index contributed by atoms with van der Waals surface area (Å²) in [5.41, 5.74) is 2.42. The van der Waals surface area contributed by atoms with Gasteiger partial charge in [0.1, 0.15) is 5.82 Å². The first kappa shape index (κ1) is 19.4. The molecule has 4 rings (SSSR count). The summed E-state index contributed by atoms with van der Waals surface area (Å²) in [4.78, 5) is 26.8. The minimum atomic E-state index is 0.0586. The Hall–Kier alpha value is -2.96. The number of anilines is 1. The first-order chi connectivity index (χ1) is 14.0. The predicted molar refractivity (Wildman–Crippen MR) is 114 cm³/mol. The summed E-state index contributed by atoms with van der Waals surface area (Å²) in [5.74, 6) is 1.26. The number of rotatable bonds is 4. The van der Waals surface area contributed by atoms with Crippen molar-refractivity contribution in [2.24, 2.45) is 0 Å². The van der Waals surface area contributed by atoms with Gasteiger partial charge in [0.05, 0.1) is 17.1 Å². The number of nitrogens with zero attached hydrogens (tertiary/aromatic N) is 6. The van der Waals surface area contributed by atoms with Crippen LogP contribution in [0.1, 0.15) is 55.7 Å². The molecule has 7 nitrogen and oxygen atoms in total. The second-order valence-corrected chi connectivity index (χ2v) is 8.14. The van der Waals surface area contributed by atoms with Gasteiger partial charge in [-0.25, -0.2) is 14.6 Å². The van der Waals surface area contributed by atoms with Gasteiger partial charge < -0.3 is 9.80 Å². The Morgan fingerprint density at radius 1 is 1.07 bits per heavy atom. The zero-order valence-corrected chi connectivity index (χ0v) is 17.5. The molecule has 0 N–H and O–H groups in total. The van der Waals surface area contributed by atoms with Crippen molar-refractivity contribution in [1.29, 1.82) is 0 Å². The molecule has 0 aliphatic carbocycles. The third kappa shape index (κ3) is 3.69. The molecule has 0 unspecified atom stereocenters. The molecule has 1 aliphatic heterocycles. The van der Waals surface area contributed by atoms with E-state index in [4.69, 9.17) is 4.98 Å². The highest BCUT2D eigenvalue weighted by atomic mass is 16.2. The van der Waals surface area contributed by atoms with Crippen LogP contribution in [0.4, 0.5) is 5.82 Å². The Balaban J connectivity index is 1.62. The maximum absolute atomic E-state index is 13.4. The summed E-state index contributed by atoms with van der Waals surface area (Å²) in [5, 5.41) is 5.34. The van der Waals surface area contributed by atoms with Crippen LogP contribution in [0.25, 0.3) is 11.0 Å². The third-order valence-corrected chi connectivity index (χ3v) is 5.44. The predicted octanol–water partition coefficient (Wildman–Crippen LogP) is 3.49. The number of piperazine rings is 1. The van der Waals surface area contributed by atoms with Crippen molar-refractivity contribution in [2.45, 2.75) is 39.7 Å². The van der Waals surface area contributed by atoms with Crippen LogP contribution in [0.5, 0.6) is 0 Å². The molecule has 29 heavy (non-hydrogen) atoms. The molecule has 7 heteroatoms. The van der Waals surface area contributed by atoms with E-state index in [-0.39, 0.29) is 17.9 Å². The minimum absolute atomic E-state index is 0.0586. The molecule has 152 valence electrons. The number of fused-ring (bicyclic) bond motifs is 1. The molecule has 4 heterocycles. The Morgan fingerprint density at radius 2 is 1.83 bits per heavy atom. The standard InChI is InChI=1S/C22H28N6O/c1-15(2)19-13-17(18-14-24-28(16(3)4)21(18)25-19)22(29)27-11-9-26(10-12-27)20-7-5-6-8-23-20/h5-8,13-16H,9-12H2,1-4H3. The van der Waals surface area contributed by atoms with Crippen molar-refractivity contribution in [3.63, 3.8) is 0 Å². The van der Waals surface area contributed by atoms with Gasteiger partial charge in [-0.2, -0.15) is 5.10 Å². The Labute approximate surface area is 171 Å². The summed E-state index contributed by atoms with van der Waals surface area (Å²) in [7, 11) is 0. The second-order valence-electron chi connectivity index (χ2n) is 8.14. The zero-order valence-electron chi connectivity index (χ0n) is 17.5. The maximum Gasteiger partial charge on any atom is 0.254 e. The van der Waals surface area contributed by atoms with Crippen molar-refractivity contribution < 1.29 is 4.79 Å². The fraction of sp³-hybridized carbons (Fsp3) is 0.455. The van der Waals surface area contributed by atoms with Crippen molar-refractivity contribution >= 4 is 22.8 Å². The molecule has 1 saturated heterocycles. The van der Waals surface area contributed by atoms with E-state index in [9.17, 15) is 4.79 Å². The van der Waals surface area contributed by atoms with Gasteiger partial charge in [-0.3, -0.25) is 4.79 Å². The molecule has 0 spiro atoms. The van der Waals surface area contributed by atoms with Gasteiger partial charge in [0, 0.05) is 44.1 Å². The zero-order chi connectivity index (χ0) is 20.5. The van der Waals surface area contributed by atoms with E-state index >= 15 is 0 Å². The van der Waals surface area contributed by atoms with E-state index in [1.54, 1.807) is 12.4 Å². The van der Waals surface area contributed by atoms with Crippen LogP contribution in [0.15, 0.2) is 36.7 Å². The molecule has 0 bridgehead atoms. The molecule has 0 atom stereocenters. The number of carbonyl (C=O) groups is 1. The van der Waals surface area contributed by atoms with Crippen LogP contribution in [0.2, 0.25) is 0 Å². The highest BCUT2D eigenvalue weighted by Gasteiger charge is 2.26. The lowest BCUT2D eigenvalue weighted by atomic mass is 10.0. The lowest BCUT2D eigenvalue weighted by Gasteiger charge is -2.35. The maximum atomic E-state index is 13.4. The average molecular weight is 393 g/mol. The van der Waals surface area contributed by atoms with E-state index in [2.05, 4.69) is 42.7 Å². The van der Waals surface area contributed by atoms with Gasteiger partial charge in [0.15, 0.2) is 5.65 Å². The summed E-state index contributed by atoms with van der Waals surface area (Å²) in [6.45, 7) is 11.3. The summed E-state index contributed by atoms with van der Waals surface area (Å²) >= 11 is 0. The topological polar surface area (TPSA) is 67.2 Å². The monoisotopic (exact) mass is 392 g/mol. The smallest absolute Gasteiger partial charge is 0.254 e. The number of amides is 1. The fourth-order valence-electron chi connectivity index (χ4n) is 3.74. The first-order valence-corrected chi connectivity index (χ1v) is 10.3. The van der Waals surface area contributed by atoms with Gasteiger partial charge in [-0.1, -0.05) is 19.9 Å². The third-order valence-electron chi connectivity index (χ3n) is 5.44. The summed E-state index contributed by atoms with van der Waals surface area (Å²) < 4.78 is 1.90. The van der Waals surface area contributed by atoms with Crippen molar-refractivity contribution in [3.05, 3.63) is 47.9 Å². The highest BCUT2D eigenvalue weighted by Crippen LogP contribution is 2.26. The lowest BCUT2D eigenvalue weighted by Crippen LogP contribution is -2.49. The molecule has 0 radical (unpaired) electrons. The summed E-state index contributed by atoms with van der Waals surface area (Å²) in [6.07, 6.45) is 3.59. The van der Waals surface area contributed by atoms with Crippen molar-refractivity contribution in [1.82, 2.24) is 24.6 Å². The van der Waals surface area contributed by atoms with E-state index in [1.807, 2.05) is 33.8 Å². The van der Waals surface area contributed by atoms with E-state index in [0.29, 0.717) is 18.7 Å². The SMILES string of the molecule is CC(C)c1cc(C(=O)N2CCN(c3ccccn3)CC2)c2cnn(C(C)C)c2n1. The molecular formula is C22H28N6O. The van der Waals surface area contributed by atoms with Crippen LogP contribution in [0.3, 0.4) is 0 Å². The number of carbonyl (C=O) groups excluding carboxylic acids is 1. The molecule has 3 aromatic heterocycles.